The molecule has 0 fully saturated rings. The number of rotatable bonds is 8. The Bertz CT molecular complexity index is 396. The van der Waals surface area contributed by atoms with Gasteiger partial charge in [0.2, 0.25) is 0 Å². The standard InChI is InChI=1S/C18H31NO/c1-14(2)13-19-11-10-18(5,6)16-8-7-9-17(12-16)20-15(3)4/h7-9,12,14-15,19H,10-11,13H2,1-6H3. The van der Waals surface area contributed by atoms with E-state index >= 15 is 0 Å². The van der Waals surface area contributed by atoms with Crippen LogP contribution in [0, 0.1) is 5.92 Å². The van der Waals surface area contributed by atoms with Gasteiger partial charge < -0.3 is 10.1 Å². The first-order chi connectivity index (χ1) is 9.31. The van der Waals surface area contributed by atoms with Crippen molar-refractivity contribution in [3.05, 3.63) is 29.8 Å². The predicted molar refractivity (Wildman–Crippen MR) is 87.6 cm³/mol. The third-order valence-electron chi connectivity index (χ3n) is 3.47. The zero-order valence-corrected chi connectivity index (χ0v) is 14.0. The predicted octanol–water partition coefficient (Wildman–Crippen LogP) is 4.39. The van der Waals surface area contributed by atoms with Crippen molar-refractivity contribution in [3.63, 3.8) is 0 Å². The Labute approximate surface area is 124 Å². The number of benzene rings is 1. The number of hydrogen-bond donors (Lipinski definition) is 1. The molecule has 0 aliphatic carbocycles. The van der Waals surface area contributed by atoms with E-state index in [1.165, 1.54) is 5.56 Å². The highest BCUT2D eigenvalue weighted by atomic mass is 16.5. The van der Waals surface area contributed by atoms with Crippen LogP contribution in [-0.2, 0) is 5.41 Å². The largest absolute Gasteiger partial charge is 0.491 e. The molecular weight excluding hydrogens is 246 g/mol. The maximum absolute atomic E-state index is 5.79. The minimum atomic E-state index is 0.167. The summed E-state index contributed by atoms with van der Waals surface area (Å²) in [4.78, 5) is 0. The summed E-state index contributed by atoms with van der Waals surface area (Å²) in [5.41, 5.74) is 1.52. The van der Waals surface area contributed by atoms with E-state index in [-0.39, 0.29) is 11.5 Å². The molecule has 1 N–H and O–H groups in total. The van der Waals surface area contributed by atoms with Crippen LogP contribution in [-0.4, -0.2) is 19.2 Å². The molecule has 0 bridgehead atoms. The Kier molecular flexibility index (Phi) is 6.54. The molecule has 0 saturated heterocycles. The number of nitrogens with one attached hydrogen (secondary N) is 1. The van der Waals surface area contributed by atoms with Gasteiger partial charge >= 0.3 is 0 Å². The summed E-state index contributed by atoms with van der Waals surface area (Å²) in [6, 6.07) is 8.52. The van der Waals surface area contributed by atoms with Crippen molar-refractivity contribution in [3.8, 4) is 5.75 Å². The molecule has 0 aliphatic heterocycles. The van der Waals surface area contributed by atoms with E-state index in [1.807, 2.05) is 6.07 Å². The van der Waals surface area contributed by atoms with Gasteiger partial charge in [-0.1, -0.05) is 39.8 Å². The summed E-state index contributed by atoms with van der Waals surface area (Å²) in [6.07, 6.45) is 1.35. The minimum Gasteiger partial charge on any atom is -0.491 e. The molecule has 0 heterocycles. The van der Waals surface area contributed by atoms with Gasteiger partial charge in [0.25, 0.3) is 0 Å². The lowest BCUT2D eigenvalue weighted by Gasteiger charge is -2.26. The number of hydrogen-bond acceptors (Lipinski definition) is 2. The molecule has 1 aromatic rings. The lowest BCUT2D eigenvalue weighted by Crippen LogP contribution is -2.27. The Morgan fingerprint density at radius 3 is 2.45 bits per heavy atom. The SMILES string of the molecule is CC(C)CNCCC(C)(C)c1cccc(OC(C)C)c1. The second kappa shape index (κ2) is 7.68. The van der Waals surface area contributed by atoms with Gasteiger partial charge in [-0.2, -0.15) is 0 Å². The molecule has 0 unspecified atom stereocenters. The van der Waals surface area contributed by atoms with Gasteiger partial charge in [0.1, 0.15) is 5.75 Å². The van der Waals surface area contributed by atoms with Gasteiger partial charge in [-0.15, -0.1) is 0 Å². The molecule has 20 heavy (non-hydrogen) atoms. The maximum Gasteiger partial charge on any atom is 0.119 e. The van der Waals surface area contributed by atoms with Crippen LogP contribution in [0.4, 0.5) is 0 Å². The van der Waals surface area contributed by atoms with E-state index < -0.39 is 0 Å². The van der Waals surface area contributed by atoms with Gasteiger partial charge in [0, 0.05) is 0 Å². The highest BCUT2D eigenvalue weighted by Gasteiger charge is 2.20. The zero-order valence-electron chi connectivity index (χ0n) is 14.0. The van der Waals surface area contributed by atoms with E-state index in [1.54, 1.807) is 0 Å². The fourth-order valence-electron chi connectivity index (χ4n) is 2.20. The molecule has 2 nitrogen and oxygen atoms in total. The molecule has 114 valence electrons. The molecule has 0 aromatic heterocycles. The van der Waals surface area contributed by atoms with Crippen molar-refractivity contribution >= 4 is 0 Å². The molecule has 0 atom stereocenters. The Morgan fingerprint density at radius 2 is 1.85 bits per heavy atom. The fraction of sp³-hybridized carbons (Fsp3) is 0.667. The van der Waals surface area contributed by atoms with Crippen LogP contribution in [0.5, 0.6) is 5.75 Å². The minimum absolute atomic E-state index is 0.167. The van der Waals surface area contributed by atoms with Crippen LogP contribution in [0.2, 0.25) is 0 Å². The van der Waals surface area contributed by atoms with Gasteiger partial charge in [0.15, 0.2) is 0 Å². The van der Waals surface area contributed by atoms with E-state index in [9.17, 15) is 0 Å². The fourth-order valence-corrected chi connectivity index (χ4v) is 2.20. The zero-order chi connectivity index (χ0) is 15.2. The smallest absolute Gasteiger partial charge is 0.119 e. The van der Waals surface area contributed by atoms with Gasteiger partial charge in [-0.25, -0.2) is 0 Å². The molecule has 1 rings (SSSR count). The van der Waals surface area contributed by atoms with Crippen LogP contribution in [0.15, 0.2) is 24.3 Å². The highest BCUT2D eigenvalue weighted by molar-refractivity contribution is 5.33. The topological polar surface area (TPSA) is 21.3 Å². The van der Waals surface area contributed by atoms with Crippen molar-refractivity contribution in [2.24, 2.45) is 5.92 Å². The molecule has 0 aliphatic rings. The van der Waals surface area contributed by atoms with E-state index in [0.717, 1.165) is 25.3 Å². The second-order valence-electron chi connectivity index (χ2n) is 6.93. The maximum atomic E-state index is 5.79. The average Bonchev–Trinajstić information content (AvgIpc) is 2.34. The van der Waals surface area contributed by atoms with E-state index in [0.29, 0.717) is 5.92 Å². The lowest BCUT2D eigenvalue weighted by atomic mass is 9.81. The van der Waals surface area contributed by atoms with Crippen LogP contribution >= 0.6 is 0 Å². The molecule has 0 radical (unpaired) electrons. The molecular formula is C18H31NO. The van der Waals surface area contributed by atoms with Crippen molar-refractivity contribution in [2.75, 3.05) is 13.1 Å². The summed E-state index contributed by atoms with van der Waals surface area (Å²) < 4.78 is 5.79. The highest BCUT2D eigenvalue weighted by Crippen LogP contribution is 2.29. The van der Waals surface area contributed by atoms with Crippen molar-refractivity contribution in [2.45, 2.75) is 59.5 Å². The van der Waals surface area contributed by atoms with Crippen LogP contribution in [0.1, 0.15) is 53.5 Å². The van der Waals surface area contributed by atoms with Crippen molar-refractivity contribution in [1.29, 1.82) is 0 Å². The third-order valence-corrected chi connectivity index (χ3v) is 3.47. The normalized spacial score (nSPS) is 12.2. The molecule has 0 saturated carbocycles. The first kappa shape index (κ1) is 17.0. The van der Waals surface area contributed by atoms with E-state index in [2.05, 4.69) is 65.1 Å². The molecule has 0 amide bonds. The third kappa shape index (κ3) is 5.96. The second-order valence-corrected chi connectivity index (χ2v) is 6.93. The first-order valence-corrected chi connectivity index (χ1v) is 7.79. The van der Waals surface area contributed by atoms with Crippen molar-refractivity contribution < 1.29 is 4.74 Å². The summed E-state index contributed by atoms with van der Waals surface area (Å²) in [7, 11) is 0. The average molecular weight is 277 g/mol. The Morgan fingerprint density at radius 1 is 1.15 bits per heavy atom. The van der Waals surface area contributed by atoms with Gasteiger partial charge in [-0.3, -0.25) is 0 Å². The molecule has 1 aromatic carbocycles. The lowest BCUT2D eigenvalue weighted by molar-refractivity contribution is 0.241. The van der Waals surface area contributed by atoms with E-state index in [4.69, 9.17) is 4.74 Å². The summed E-state index contributed by atoms with van der Waals surface area (Å²) in [6.45, 7) is 15.4. The monoisotopic (exact) mass is 277 g/mol. The number of ether oxygens (including phenoxy) is 1. The summed E-state index contributed by atoms with van der Waals surface area (Å²) in [5.74, 6) is 1.68. The first-order valence-electron chi connectivity index (χ1n) is 7.79. The Balaban J connectivity index is 2.61. The van der Waals surface area contributed by atoms with Gasteiger partial charge in [0.05, 0.1) is 6.10 Å². The van der Waals surface area contributed by atoms with Crippen LogP contribution in [0.3, 0.4) is 0 Å². The summed E-state index contributed by atoms with van der Waals surface area (Å²) >= 11 is 0. The Hall–Kier alpha value is -1.02. The van der Waals surface area contributed by atoms with Crippen LogP contribution < -0.4 is 10.1 Å². The molecule has 0 spiro atoms. The van der Waals surface area contributed by atoms with Gasteiger partial charge in [-0.05, 0) is 62.4 Å². The quantitative estimate of drug-likeness (QED) is 0.712. The van der Waals surface area contributed by atoms with Crippen molar-refractivity contribution in [1.82, 2.24) is 5.32 Å². The van der Waals surface area contributed by atoms with Crippen LogP contribution in [0.25, 0.3) is 0 Å². The summed E-state index contributed by atoms with van der Waals surface area (Å²) in [5, 5.41) is 3.53. The molecule has 2 heteroatoms.